The molecule has 2 aliphatic rings. The van der Waals surface area contributed by atoms with Gasteiger partial charge in [0.15, 0.2) is 0 Å². The van der Waals surface area contributed by atoms with Gasteiger partial charge in [-0.3, -0.25) is 0 Å². The zero-order valence-corrected chi connectivity index (χ0v) is 13.8. The normalized spacial score (nSPS) is 33.6. The molecular weight excluding hydrogens is 284 g/mol. The van der Waals surface area contributed by atoms with Crippen LogP contribution in [0.4, 0.5) is 0 Å². The van der Waals surface area contributed by atoms with Crippen molar-refractivity contribution < 1.29 is 20.8 Å². The minimum Gasteiger partial charge on any atom is -0.507 e. The Labute approximate surface area is 151 Å². The highest BCUT2D eigenvalue weighted by molar-refractivity contribution is 5.53. The predicted molar refractivity (Wildman–Crippen MR) is 95.3 cm³/mol. The third kappa shape index (κ3) is 3.13. The fourth-order valence-corrected chi connectivity index (χ4v) is 3.58. The first-order chi connectivity index (χ1) is 14.2. The van der Waals surface area contributed by atoms with Crippen LogP contribution in [0.1, 0.15) is 87.6 Å². The molecule has 2 atom stereocenters. The van der Waals surface area contributed by atoms with Crippen LogP contribution in [0.3, 0.4) is 0 Å². The molecule has 126 valence electrons. The first-order valence-electron chi connectivity index (χ1n) is 12.4. The first kappa shape index (κ1) is 9.15. The van der Waals surface area contributed by atoms with Gasteiger partial charge in [-0.1, -0.05) is 31.4 Å². The van der Waals surface area contributed by atoms with E-state index in [-0.39, 0.29) is 17.9 Å². The summed E-state index contributed by atoms with van der Waals surface area (Å²) in [4.78, 5) is 0. The Bertz CT molecular complexity index is 855. The van der Waals surface area contributed by atoms with E-state index in [9.17, 15) is 5.11 Å². The van der Waals surface area contributed by atoms with Gasteiger partial charge >= 0.3 is 0 Å². The number of fused-ring (bicyclic) bond motifs is 3. The fraction of sp³-hybridized carbons (Fsp3) is 0.619. The maximum absolute atomic E-state index is 10.8. The summed E-state index contributed by atoms with van der Waals surface area (Å²) in [6.07, 6.45) is 2.91. The summed E-state index contributed by atoms with van der Waals surface area (Å²) < 4.78 is 71.5. The molecule has 0 unspecified atom stereocenters. The van der Waals surface area contributed by atoms with Crippen LogP contribution in [0.2, 0.25) is 0 Å². The zero-order valence-electron chi connectivity index (χ0n) is 21.8. The number of benzene rings is 1. The van der Waals surface area contributed by atoms with Gasteiger partial charge in [-0.2, -0.15) is 0 Å². The number of aromatic hydroxyl groups is 1. The van der Waals surface area contributed by atoms with Crippen molar-refractivity contribution in [3.8, 4) is 11.5 Å². The van der Waals surface area contributed by atoms with Gasteiger partial charge in [-0.25, -0.2) is 0 Å². The van der Waals surface area contributed by atoms with Crippen LogP contribution in [0.25, 0.3) is 0 Å². The molecular formula is C21H30O2. The average Bonchev–Trinajstić information content (AvgIpc) is 2.60. The number of aryl methyl sites for hydroxylation is 1. The Hall–Kier alpha value is -1.44. The van der Waals surface area contributed by atoms with Crippen LogP contribution in [0, 0.1) is 5.92 Å². The average molecular weight is 323 g/mol. The maximum Gasteiger partial charge on any atom is 0.127 e. The summed E-state index contributed by atoms with van der Waals surface area (Å²) in [5.41, 5.74) is -1.11. The summed E-state index contributed by atoms with van der Waals surface area (Å²) in [5, 5.41) is 10.8. The van der Waals surface area contributed by atoms with E-state index < -0.39 is 37.5 Å². The van der Waals surface area contributed by atoms with Gasteiger partial charge in [0.1, 0.15) is 17.1 Å². The number of phenols is 1. The Kier molecular flexibility index (Phi) is 2.47. The van der Waals surface area contributed by atoms with Crippen molar-refractivity contribution in [2.75, 3.05) is 0 Å². The van der Waals surface area contributed by atoms with Gasteiger partial charge in [0.25, 0.3) is 0 Å². The Balaban J connectivity index is 2.26. The summed E-state index contributed by atoms with van der Waals surface area (Å²) >= 11 is 0. The molecule has 1 aliphatic carbocycles. The third-order valence-electron chi connectivity index (χ3n) is 4.84. The largest absolute Gasteiger partial charge is 0.507 e. The topological polar surface area (TPSA) is 29.5 Å². The van der Waals surface area contributed by atoms with Gasteiger partial charge in [0.2, 0.25) is 0 Å². The predicted octanol–water partition coefficient (Wildman–Crippen LogP) is 5.74. The second kappa shape index (κ2) is 6.22. The molecule has 0 saturated carbocycles. The number of unbranched alkanes of at least 4 members (excludes halogenated alkanes) is 2. The molecule has 1 heterocycles. The Morgan fingerprint density at radius 2 is 2.22 bits per heavy atom. The van der Waals surface area contributed by atoms with Crippen molar-refractivity contribution in [2.24, 2.45) is 5.92 Å². The van der Waals surface area contributed by atoms with Gasteiger partial charge < -0.3 is 9.84 Å². The van der Waals surface area contributed by atoms with Crippen molar-refractivity contribution >= 4 is 0 Å². The second-order valence-corrected chi connectivity index (χ2v) is 6.68. The lowest BCUT2D eigenvalue weighted by atomic mass is 9.68. The molecule has 1 N–H and O–H groups in total. The molecule has 0 spiro atoms. The molecule has 0 aromatic heterocycles. The monoisotopic (exact) mass is 322 g/mol. The zero-order chi connectivity index (χ0) is 23.4. The molecule has 1 aromatic carbocycles. The number of hydrogen-bond acceptors (Lipinski definition) is 2. The summed E-state index contributed by atoms with van der Waals surface area (Å²) in [6, 6.07) is 3.26. The smallest absolute Gasteiger partial charge is 0.127 e. The highest BCUT2D eigenvalue weighted by Gasteiger charge is 2.45. The summed E-state index contributed by atoms with van der Waals surface area (Å²) in [6.45, 7) is -2.40. The van der Waals surface area contributed by atoms with Gasteiger partial charge in [0.05, 0.1) is 0 Å². The molecule has 0 bridgehead atoms. The highest BCUT2D eigenvalue weighted by Crippen LogP contribution is 2.53. The fourth-order valence-electron chi connectivity index (χ4n) is 3.58. The molecule has 1 aliphatic heterocycles. The minimum atomic E-state index is -3.04. The Morgan fingerprint density at radius 3 is 2.96 bits per heavy atom. The SMILES string of the molecule is [2H]C1([2H])C[C@@H]2[C@@H](C=C1C)c1c(O)cc(CCCCC)cc1OC2(C([2H])([2H])[2H])C([2H])([2H])[2H]. The standard InChI is InChI=1S/C21H30O2/c1-5-6-7-8-15-12-18(22)20-16-11-14(2)9-10-17(16)21(3,4)23-19(20)13-15/h11-13,16-17,22H,5-10H2,1-4H3/t16-,17-/m1/s1/i3D3,4D3,9D2. The molecule has 23 heavy (non-hydrogen) atoms. The number of ether oxygens (including phenoxy) is 1. The lowest BCUT2D eigenvalue weighted by molar-refractivity contribution is 0.0107. The number of hydrogen-bond donors (Lipinski definition) is 1. The van der Waals surface area contributed by atoms with Gasteiger partial charge in [0, 0.05) is 28.4 Å². The van der Waals surface area contributed by atoms with Crippen LogP contribution in [-0.2, 0) is 6.42 Å². The van der Waals surface area contributed by atoms with Gasteiger partial charge in [-0.15, -0.1) is 0 Å². The summed E-state index contributed by atoms with van der Waals surface area (Å²) in [5.74, 6) is -1.99. The van der Waals surface area contributed by atoms with E-state index in [1.54, 1.807) is 25.1 Å². The highest BCUT2D eigenvalue weighted by atomic mass is 16.5. The minimum absolute atomic E-state index is 0.0616. The van der Waals surface area contributed by atoms with E-state index in [0.717, 1.165) is 24.8 Å². The third-order valence-corrected chi connectivity index (χ3v) is 4.84. The number of allylic oxidation sites excluding steroid dienone is 2. The van der Waals surface area contributed by atoms with Crippen molar-refractivity contribution in [2.45, 2.75) is 77.5 Å². The lowest BCUT2D eigenvalue weighted by Gasteiger charge is -2.46. The maximum atomic E-state index is 10.8. The second-order valence-electron chi connectivity index (χ2n) is 6.68. The molecule has 3 rings (SSSR count). The molecule has 2 nitrogen and oxygen atoms in total. The summed E-state index contributed by atoms with van der Waals surface area (Å²) in [7, 11) is 0. The van der Waals surface area contributed by atoms with Crippen LogP contribution < -0.4 is 4.74 Å². The van der Waals surface area contributed by atoms with E-state index in [1.165, 1.54) is 0 Å². The van der Waals surface area contributed by atoms with Crippen LogP contribution in [-0.4, -0.2) is 10.7 Å². The van der Waals surface area contributed by atoms with E-state index in [0.29, 0.717) is 17.6 Å². The van der Waals surface area contributed by atoms with E-state index in [4.69, 9.17) is 15.7 Å². The quantitative estimate of drug-likeness (QED) is 0.566. The first-order valence-corrected chi connectivity index (χ1v) is 8.39. The van der Waals surface area contributed by atoms with Crippen LogP contribution in [0.5, 0.6) is 11.5 Å². The molecule has 0 amide bonds. The number of phenolic OH excluding ortho intramolecular Hbond substituents is 1. The number of rotatable bonds is 4. The van der Waals surface area contributed by atoms with Crippen molar-refractivity contribution in [3.63, 3.8) is 0 Å². The molecule has 0 fully saturated rings. The molecule has 2 heteroatoms. The van der Waals surface area contributed by atoms with E-state index in [1.807, 2.05) is 0 Å². The molecule has 0 radical (unpaired) electrons. The van der Waals surface area contributed by atoms with Crippen molar-refractivity contribution in [1.29, 1.82) is 0 Å². The Morgan fingerprint density at radius 1 is 1.39 bits per heavy atom. The lowest BCUT2D eigenvalue weighted by Crippen LogP contribution is -2.45. The van der Waals surface area contributed by atoms with E-state index >= 15 is 0 Å². The van der Waals surface area contributed by atoms with Crippen LogP contribution >= 0.6 is 0 Å². The molecule has 1 aromatic rings. The molecule has 0 saturated heterocycles. The van der Waals surface area contributed by atoms with Gasteiger partial charge in [-0.05, 0) is 64.0 Å². The van der Waals surface area contributed by atoms with Crippen molar-refractivity contribution in [1.82, 2.24) is 0 Å². The van der Waals surface area contributed by atoms with Crippen LogP contribution in [0.15, 0.2) is 23.8 Å². The van der Waals surface area contributed by atoms with Crippen molar-refractivity contribution in [3.05, 3.63) is 34.9 Å². The van der Waals surface area contributed by atoms with E-state index in [2.05, 4.69) is 6.92 Å².